The van der Waals surface area contributed by atoms with Gasteiger partial charge in [0.25, 0.3) is 0 Å². The number of nitro groups is 1. The van der Waals surface area contributed by atoms with Crippen molar-refractivity contribution in [2.24, 2.45) is 5.73 Å². The molecule has 1 rings (SSSR count). The number of rotatable bonds is 6. The molecule has 0 radical (unpaired) electrons. The summed E-state index contributed by atoms with van der Waals surface area (Å²) in [5.41, 5.74) is 6.12. The van der Waals surface area contributed by atoms with Crippen LogP contribution in [0.15, 0.2) is 18.2 Å². The van der Waals surface area contributed by atoms with Crippen LogP contribution in [0.1, 0.15) is 31.7 Å². The smallest absolute Gasteiger partial charge is 0.305 e. The Bertz CT molecular complexity index is 396. The van der Waals surface area contributed by atoms with Gasteiger partial charge in [-0.3, -0.25) is 10.1 Å². The van der Waals surface area contributed by atoms with Crippen molar-refractivity contribution in [2.45, 2.75) is 38.6 Å². The minimum absolute atomic E-state index is 0.0278. The Morgan fingerprint density at radius 2 is 2.24 bits per heavy atom. The Morgan fingerprint density at radius 3 is 2.82 bits per heavy atom. The number of halogens is 1. The second-order valence-electron chi connectivity index (χ2n) is 4.15. The Morgan fingerprint density at radius 1 is 1.53 bits per heavy atom. The van der Waals surface area contributed by atoms with E-state index in [0.29, 0.717) is 12.0 Å². The number of hydrogen-bond donors (Lipinski definition) is 1. The first-order valence-corrected chi connectivity index (χ1v) is 5.73. The predicted octanol–water partition coefficient (Wildman–Crippen LogP) is 2.79. The van der Waals surface area contributed by atoms with Crippen LogP contribution in [0, 0.1) is 15.9 Å². The maximum Gasteiger partial charge on any atom is 0.305 e. The quantitative estimate of drug-likeness (QED) is 0.614. The topological polar surface area (TPSA) is 69.2 Å². The summed E-state index contributed by atoms with van der Waals surface area (Å²) in [4.78, 5) is 9.85. The first-order chi connectivity index (χ1) is 8.04. The summed E-state index contributed by atoms with van der Waals surface area (Å²) < 4.78 is 13.1. The van der Waals surface area contributed by atoms with Crippen molar-refractivity contribution in [3.8, 4) is 0 Å². The van der Waals surface area contributed by atoms with Crippen molar-refractivity contribution >= 4 is 5.69 Å². The molecule has 0 aromatic heterocycles. The highest BCUT2D eigenvalue weighted by molar-refractivity contribution is 5.36. The van der Waals surface area contributed by atoms with Gasteiger partial charge in [0.2, 0.25) is 5.82 Å². The van der Waals surface area contributed by atoms with E-state index in [4.69, 9.17) is 5.73 Å². The lowest BCUT2D eigenvalue weighted by molar-refractivity contribution is -0.387. The summed E-state index contributed by atoms with van der Waals surface area (Å²) in [7, 11) is 0. The molecule has 1 aromatic carbocycles. The summed E-state index contributed by atoms with van der Waals surface area (Å²) in [6.45, 7) is 2.08. The van der Waals surface area contributed by atoms with Crippen molar-refractivity contribution in [3.63, 3.8) is 0 Å². The van der Waals surface area contributed by atoms with Gasteiger partial charge in [-0.2, -0.15) is 4.39 Å². The fraction of sp³-hybridized carbons (Fsp3) is 0.500. The third kappa shape index (κ3) is 4.11. The zero-order chi connectivity index (χ0) is 12.8. The number of unbranched alkanes of at least 4 members (excludes halogenated alkanes) is 1. The molecule has 0 heterocycles. The molecule has 0 aliphatic rings. The highest BCUT2D eigenvalue weighted by Gasteiger charge is 2.15. The van der Waals surface area contributed by atoms with Gasteiger partial charge in [-0.1, -0.05) is 25.8 Å². The second-order valence-corrected chi connectivity index (χ2v) is 4.15. The van der Waals surface area contributed by atoms with Crippen LogP contribution in [0.3, 0.4) is 0 Å². The van der Waals surface area contributed by atoms with Gasteiger partial charge in [-0.15, -0.1) is 0 Å². The van der Waals surface area contributed by atoms with Crippen molar-refractivity contribution in [3.05, 3.63) is 39.7 Å². The van der Waals surface area contributed by atoms with Crippen LogP contribution in [-0.2, 0) is 6.42 Å². The Balaban J connectivity index is 2.72. The van der Waals surface area contributed by atoms with E-state index in [1.807, 2.05) is 0 Å². The van der Waals surface area contributed by atoms with E-state index in [2.05, 4.69) is 6.92 Å². The molecule has 5 heteroatoms. The summed E-state index contributed by atoms with van der Waals surface area (Å²) in [5, 5.41) is 10.6. The van der Waals surface area contributed by atoms with E-state index >= 15 is 0 Å². The second kappa shape index (κ2) is 6.30. The first-order valence-electron chi connectivity index (χ1n) is 5.73. The fourth-order valence-corrected chi connectivity index (χ4v) is 1.70. The van der Waals surface area contributed by atoms with Gasteiger partial charge in [-0.25, -0.2) is 0 Å². The molecule has 0 aliphatic heterocycles. The van der Waals surface area contributed by atoms with Gasteiger partial charge in [-0.05, 0) is 24.5 Å². The molecular weight excluding hydrogens is 223 g/mol. The Hall–Kier alpha value is -1.49. The highest BCUT2D eigenvalue weighted by Crippen LogP contribution is 2.19. The molecule has 1 unspecified atom stereocenters. The summed E-state index contributed by atoms with van der Waals surface area (Å²) in [6.07, 6.45) is 3.52. The predicted molar refractivity (Wildman–Crippen MR) is 64.3 cm³/mol. The van der Waals surface area contributed by atoms with E-state index < -0.39 is 16.4 Å². The number of hydrogen-bond acceptors (Lipinski definition) is 3. The molecule has 0 spiro atoms. The van der Waals surface area contributed by atoms with Crippen LogP contribution in [0.2, 0.25) is 0 Å². The van der Waals surface area contributed by atoms with Crippen molar-refractivity contribution in [1.82, 2.24) is 0 Å². The third-order valence-electron chi connectivity index (χ3n) is 2.63. The normalized spacial score (nSPS) is 12.4. The number of benzene rings is 1. The molecule has 0 saturated heterocycles. The number of nitro benzene ring substituents is 1. The highest BCUT2D eigenvalue weighted by atomic mass is 19.1. The average Bonchev–Trinajstić information content (AvgIpc) is 2.28. The maximum atomic E-state index is 13.1. The first kappa shape index (κ1) is 13.6. The van der Waals surface area contributed by atoms with Gasteiger partial charge >= 0.3 is 5.69 Å². The minimum Gasteiger partial charge on any atom is -0.327 e. The number of nitrogens with two attached hydrogens (primary N) is 1. The van der Waals surface area contributed by atoms with Crippen LogP contribution in [-0.4, -0.2) is 11.0 Å². The van der Waals surface area contributed by atoms with E-state index in [9.17, 15) is 14.5 Å². The van der Waals surface area contributed by atoms with Gasteiger partial charge in [0, 0.05) is 12.1 Å². The SMILES string of the molecule is CCCCC(N)Cc1ccc(F)c([N+](=O)[O-])c1. The molecule has 0 bridgehead atoms. The van der Waals surface area contributed by atoms with E-state index in [1.54, 1.807) is 6.07 Å². The zero-order valence-corrected chi connectivity index (χ0v) is 9.86. The van der Waals surface area contributed by atoms with Crippen LogP contribution >= 0.6 is 0 Å². The molecule has 0 amide bonds. The zero-order valence-electron chi connectivity index (χ0n) is 9.86. The monoisotopic (exact) mass is 240 g/mol. The van der Waals surface area contributed by atoms with E-state index in [-0.39, 0.29) is 6.04 Å². The molecule has 17 heavy (non-hydrogen) atoms. The molecule has 0 saturated carbocycles. The lowest BCUT2D eigenvalue weighted by Gasteiger charge is -2.10. The minimum atomic E-state index is -0.805. The largest absolute Gasteiger partial charge is 0.327 e. The number of nitrogens with zero attached hydrogens (tertiary/aromatic N) is 1. The fourth-order valence-electron chi connectivity index (χ4n) is 1.70. The van der Waals surface area contributed by atoms with Gasteiger partial charge in [0.1, 0.15) is 0 Å². The summed E-state index contributed by atoms with van der Waals surface area (Å²) in [5.74, 6) is -0.805. The van der Waals surface area contributed by atoms with Crippen LogP contribution in [0.25, 0.3) is 0 Å². The van der Waals surface area contributed by atoms with Crippen molar-refractivity contribution < 1.29 is 9.31 Å². The Kier molecular flexibility index (Phi) is 5.03. The van der Waals surface area contributed by atoms with Gasteiger partial charge < -0.3 is 5.73 Å². The van der Waals surface area contributed by atoms with Crippen LogP contribution in [0.5, 0.6) is 0 Å². The van der Waals surface area contributed by atoms with Crippen molar-refractivity contribution in [2.75, 3.05) is 0 Å². The molecule has 1 atom stereocenters. The summed E-state index contributed by atoms with van der Waals surface area (Å²) >= 11 is 0. The van der Waals surface area contributed by atoms with E-state index in [1.165, 1.54) is 6.07 Å². The lowest BCUT2D eigenvalue weighted by Crippen LogP contribution is -2.22. The van der Waals surface area contributed by atoms with Gasteiger partial charge in [0.15, 0.2) is 0 Å². The Labute approximate surface area is 99.8 Å². The third-order valence-corrected chi connectivity index (χ3v) is 2.63. The molecule has 0 aliphatic carbocycles. The molecule has 0 fully saturated rings. The van der Waals surface area contributed by atoms with Crippen LogP contribution < -0.4 is 5.73 Å². The summed E-state index contributed by atoms with van der Waals surface area (Å²) in [6, 6.07) is 3.91. The van der Waals surface area contributed by atoms with E-state index in [0.717, 1.165) is 25.3 Å². The molecule has 1 aromatic rings. The standard InChI is InChI=1S/C12H17FN2O2/c1-2-3-4-10(14)7-9-5-6-11(13)12(8-9)15(16)17/h5-6,8,10H,2-4,7,14H2,1H3. The molecular formula is C12H17FN2O2. The average molecular weight is 240 g/mol. The molecule has 2 N–H and O–H groups in total. The van der Waals surface area contributed by atoms with Crippen molar-refractivity contribution in [1.29, 1.82) is 0 Å². The van der Waals surface area contributed by atoms with Crippen LogP contribution in [0.4, 0.5) is 10.1 Å². The molecule has 4 nitrogen and oxygen atoms in total. The van der Waals surface area contributed by atoms with Gasteiger partial charge in [0.05, 0.1) is 4.92 Å². The lowest BCUT2D eigenvalue weighted by atomic mass is 10.0. The maximum absolute atomic E-state index is 13.1. The molecule has 94 valence electrons.